The van der Waals surface area contributed by atoms with E-state index >= 15 is 0 Å². The van der Waals surface area contributed by atoms with E-state index in [2.05, 4.69) is 6.92 Å². The Morgan fingerprint density at radius 1 is 1.36 bits per heavy atom. The van der Waals surface area contributed by atoms with Crippen molar-refractivity contribution in [2.45, 2.75) is 37.1 Å². The fraction of sp³-hybridized carbons (Fsp3) is 0.556. The van der Waals surface area contributed by atoms with Gasteiger partial charge in [0.05, 0.1) is 12.1 Å². The molecule has 0 radical (unpaired) electrons. The van der Waals surface area contributed by atoms with Crippen LogP contribution in [0.25, 0.3) is 0 Å². The van der Waals surface area contributed by atoms with Crippen LogP contribution in [-0.2, 0) is 4.79 Å². The number of aliphatic carboxylic acids is 1. The summed E-state index contributed by atoms with van der Waals surface area (Å²) in [4.78, 5) is 28.6. The van der Waals surface area contributed by atoms with Crippen molar-refractivity contribution in [3.05, 3.63) is 28.8 Å². The van der Waals surface area contributed by atoms with Crippen LogP contribution >= 0.6 is 23.4 Å². The number of nitrogens with zero attached hydrogens (tertiary/aromatic N) is 2. The fourth-order valence-electron chi connectivity index (χ4n) is 3.19. The van der Waals surface area contributed by atoms with Gasteiger partial charge in [-0.2, -0.15) is 0 Å². The number of benzene rings is 1. The summed E-state index contributed by atoms with van der Waals surface area (Å²) in [5, 5.41) is 9.53. The first-order chi connectivity index (χ1) is 11.9. The summed E-state index contributed by atoms with van der Waals surface area (Å²) in [5.74, 6) is 0.0871. The van der Waals surface area contributed by atoms with E-state index < -0.39 is 5.97 Å². The van der Waals surface area contributed by atoms with Gasteiger partial charge in [-0.25, -0.2) is 0 Å². The summed E-state index contributed by atoms with van der Waals surface area (Å²) in [5.41, 5.74) is 0.664. The molecule has 5 nitrogen and oxygen atoms in total. The minimum atomic E-state index is -0.820. The molecule has 1 aromatic rings. The van der Waals surface area contributed by atoms with Gasteiger partial charge in [-0.3, -0.25) is 14.5 Å². The lowest BCUT2D eigenvalue weighted by atomic mass is 10.1. The Balaban J connectivity index is 2.08. The SMILES string of the molecule is CCSc1ccc(Cl)cc1C(=O)N1CCCC(N(C)CC(=O)O)CC1. The molecule has 1 amide bonds. The molecule has 1 unspecified atom stereocenters. The molecule has 7 heteroatoms. The number of carboxylic acid groups (broad SMARTS) is 1. The summed E-state index contributed by atoms with van der Waals surface area (Å²) >= 11 is 7.74. The molecule has 1 fully saturated rings. The number of carbonyl (C=O) groups excluding carboxylic acids is 1. The van der Waals surface area contributed by atoms with Crippen molar-refractivity contribution in [2.24, 2.45) is 0 Å². The van der Waals surface area contributed by atoms with Crippen molar-refractivity contribution in [1.29, 1.82) is 0 Å². The first-order valence-electron chi connectivity index (χ1n) is 8.56. The van der Waals surface area contributed by atoms with E-state index in [1.807, 2.05) is 29.0 Å². The highest BCUT2D eigenvalue weighted by atomic mass is 35.5. The van der Waals surface area contributed by atoms with E-state index in [0.29, 0.717) is 23.7 Å². The quantitative estimate of drug-likeness (QED) is 0.761. The van der Waals surface area contributed by atoms with Gasteiger partial charge >= 0.3 is 5.97 Å². The van der Waals surface area contributed by atoms with Crippen LogP contribution in [0.15, 0.2) is 23.1 Å². The molecule has 1 aliphatic heterocycles. The molecule has 1 heterocycles. The number of carboxylic acids is 1. The zero-order valence-electron chi connectivity index (χ0n) is 14.7. The van der Waals surface area contributed by atoms with Gasteiger partial charge in [0, 0.05) is 29.0 Å². The highest BCUT2D eigenvalue weighted by Gasteiger charge is 2.25. The van der Waals surface area contributed by atoms with Crippen LogP contribution in [0.2, 0.25) is 5.02 Å². The summed E-state index contributed by atoms with van der Waals surface area (Å²) in [6.45, 7) is 3.42. The molecule has 0 saturated carbocycles. The maximum Gasteiger partial charge on any atom is 0.317 e. The molecule has 2 rings (SSSR count). The second kappa shape index (κ2) is 9.46. The van der Waals surface area contributed by atoms with Crippen molar-refractivity contribution in [2.75, 3.05) is 32.4 Å². The third-order valence-corrected chi connectivity index (χ3v) is 5.66. The van der Waals surface area contributed by atoms with Gasteiger partial charge < -0.3 is 10.0 Å². The molecule has 1 aromatic carbocycles. The number of rotatable bonds is 6. The zero-order chi connectivity index (χ0) is 18.4. The molecule has 25 heavy (non-hydrogen) atoms. The minimum absolute atomic E-state index is 0.0139. The molecule has 0 aromatic heterocycles. The summed E-state index contributed by atoms with van der Waals surface area (Å²) in [6, 6.07) is 5.67. The molecule has 1 atom stereocenters. The van der Waals surface area contributed by atoms with E-state index in [1.54, 1.807) is 17.8 Å². The van der Waals surface area contributed by atoms with Gasteiger partial charge in [0.15, 0.2) is 0 Å². The fourth-order valence-corrected chi connectivity index (χ4v) is 4.14. The van der Waals surface area contributed by atoms with E-state index in [4.69, 9.17) is 16.7 Å². The smallest absolute Gasteiger partial charge is 0.317 e. The van der Waals surface area contributed by atoms with Crippen LogP contribution in [0.5, 0.6) is 0 Å². The molecule has 1 aliphatic rings. The second-order valence-corrected chi connectivity index (χ2v) is 8.00. The summed E-state index contributed by atoms with van der Waals surface area (Å²) in [7, 11) is 1.84. The number of likely N-dealkylation sites (N-methyl/N-ethyl adjacent to an activating group) is 1. The van der Waals surface area contributed by atoms with E-state index in [1.165, 1.54) is 0 Å². The monoisotopic (exact) mass is 384 g/mol. The predicted molar refractivity (Wildman–Crippen MR) is 102 cm³/mol. The van der Waals surface area contributed by atoms with Gasteiger partial charge in [0.2, 0.25) is 0 Å². The maximum absolute atomic E-state index is 13.0. The van der Waals surface area contributed by atoms with E-state index in [9.17, 15) is 9.59 Å². The van der Waals surface area contributed by atoms with Crippen LogP contribution in [0.4, 0.5) is 0 Å². The van der Waals surface area contributed by atoms with Crippen LogP contribution < -0.4 is 0 Å². The second-order valence-electron chi connectivity index (χ2n) is 6.26. The molecule has 0 aliphatic carbocycles. The lowest BCUT2D eigenvalue weighted by Gasteiger charge is -2.26. The van der Waals surface area contributed by atoms with Crippen molar-refractivity contribution in [1.82, 2.24) is 9.80 Å². The molecular formula is C18H25ClN2O3S. The largest absolute Gasteiger partial charge is 0.480 e. The van der Waals surface area contributed by atoms with E-state index in [0.717, 1.165) is 29.9 Å². The normalized spacial score (nSPS) is 18.2. The van der Waals surface area contributed by atoms with Crippen LogP contribution in [0.1, 0.15) is 36.5 Å². The van der Waals surface area contributed by atoms with Gasteiger partial charge in [-0.15, -0.1) is 11.8 Å². The number of carbonyl (C=O) groups is 2. The third kappa shape index (κ3) is 5.62. The molecular weight excluding hydrogens is 360 g/mol. The molecule has 138 valence electrons. The third-order valence-electron chi connectivity index (χ3n) is 4.46. The Morgan fingerprint density at radius 2 is 2.12 bits per heavy atom. The van der Waals surface area contributed by atoms with Gasteiger partial charge in [-0.05, 0) is 50.3 Å². The Hall–Kier alpha value is -1.24. The first kappa shape index (κ1) is 20.1. The van der Waals surface area contributed by atoms with Crippen molar-refractivity contribution in [3.8, 4) is 0 Å². The lowest BCUT2D eigenvalue weighted by molar-refractivity contribution is -0.138. The number of amides is 1. The highest BCUT2D eigenvalue weighted by molar-refractivity contribution is 7.99. The summed E-state index contributed by atoms with van der Waals surface area (Å²) < 4.78 is 0. The molecule has 0 spiro atoms. The lowest BCUT2D eigenvalue weighted by Crippen LogP contribution is -2.37. The first-order valence-corrected chi connectivity index (χ1v) is 9.92. The van der Waals surface area contributed by atoms with Crippen molar-refractivity contribution in [3.63, 3.8) is 0 Å². The number of hydrogen-bond donors (Lipinski definition) is 1. The van der Waals surface area contributed by atoms with Crippen molar-refractivity contribution >= 4 is 35.2 Å². The average Bonchev–Trinajstić information content (AvgIpc) is 2.81. The Labute approximate surface area is 158 Å². The number of likely N-dealkylation sites (tertiary alicyclic amines) is 1. The van der Waals surface area contributed by atoms with Crippen LogP contribution in [-0.4, -0.2) is 65.3 Å². The standard InChI is InChI=1S/C18H25ClN2O3S/c1-3-25-16-7-6-13(19)11-15(16)18(24)21-9-4-5-14(8-10-21)20(2)12-17(22)23/h6-7,11,14H,3-5,8-10,12H2,1-2H3,(H,22,23). The summed E-state index contributed by atoms with van der Waals surface area (Å²) in [6.07, 6.45) is 2.56. The molecule has 0 bridgehead atoms. The Kier molecular flexibility index (Phi) is 7.59. The number of halogens is 1. The molecule has 1 N–H and O–H groups in total. The average molecular weight is 385 g/mol. The highest BCUT2D eigenvalue weighted by Crippen LogP contribution is 2.28. The van der Waals surface area contributed by atoms with Gasteiger partial charge in [0.25, 0.3) is 5.91 Å². The number of hydrogen-bond acceptors (Lipinski definition) is 4. The van der Waals surface area contributed by atoms with Gasteiger partial charge in [-0.1, -0.05) is 18.5 Å². The molecule has 1 saturated heterocycles. The maximum atomic E-state index is 13.0. The van der Waals surface area contributed by atoms with E-state index in [-0.39, 0.29) is 18.5 Å². The van der Waals surface area contributed by atoms with Crippen LogP contribution in [0.3, 0.4) is 0 Å². The topological polar surface area (TPSA) is 60.9 Å². The number of thioether (sulfide) groups is 1. The zero-order valence-corrected chi connectivity index (χ0v) is 16.3. The Bertz CT molecular complexity index is 626. The van der Waals surface area contributed by atoms with Crippen LogP contribution in [0, 0.1) is 0 Å². The predicted octanol–water partition coefficient (Wildman–Crippen LogP) is 3.46. The Morgan fingerprint density at radius 3 is 2.80 bits per heavy atom. The minimum Gasteiger partial charge on any atom is -0.480 e. The van der Waals surface area contributed by atoms with Gasteiger partial charge in [0.1, 0.15) is 0 Å². The van der Waals surface area contributed by atoms with Crippen molar-refractivity contribution < 1.29 is 14.7 Å².